The molecule has 0 spiro atoms. The first-order chi connectivity index (χ1) is 10.2. The predicted octanol–water partition coefficient (Wildman–Crippen LogP) is 2.05. The molecule has 1 saturated carbocycles. The van der Waals surface area contributed by atoms with Gasteiger partial charge < -0.3 is 9.47 Å². The van der Waals surface area contributed by atoms with Gasteiger partial charge in [0.2, 0.25) is 0 Å². The highest BCUT2D eigenvalue weighted by Gasteiger charge is 2.35. The summed E-state index contributed by atoms with van der Waals surface area (Å²) < 4.78 is 2.20. The molecular formula is C16H24N4O. The van der Waals surface area contributed by atoms with Gasteiger partial charge in [0.1, 0.15) is 11.5 Å². The van der Waals surface area contributed by atoms with Crippen molar-refractivity contribution in [3.05, 3.63) is 17.7 Å². The van der Waals surface area contributed by atoms with Crippen molar-refractivity contribution in [1.29, 1.82) is 0 Å². The zero-order valence-electron chi connectivity index (χ0n) is 12.8. The van der Waals surface area contributed by atoms with Crippen LogP contribution in [0.5, 0.6) is 0 Å². The second-order valence-corrected chi connectivity index (χ2v) is 6.68. The Bertz CT molecular complexity index is 542. The molecule has 1 aromatic rings. The first kappa shape index (κ1) is 13.3. The molecule has 2 aliphatic heterocycles. The first-order valence-corrected chi connectivity index (χ1v) is 8.36. The number of carbonyl (C=O) groups is 1. The van der Waals surface area contributed by atoms with Crippen LogP contribution in [0.3, 0.4) is 0 Å². The van der Waals surface area contributed by atoms with E-state index in [-0.39, 0.29) is 5.91 Å². The van der Waals surface area contributed by atoms with Gasteiger partial charge in [-0.3, -0.25) is 9.69 Å². The minimum absolute atomic E-state index is 0.122. The van der Waals surface area contributed by atoms with Crippen molar-refractivity contribution in [2.45, 2.75) is 57.7 Å². The zero-order chi connectivity index (χ0) is 14.4. The molecule has 3 heterocycles. The predicted molar refractivity (Wildman–Crippen MR) is 80.1 cm³/mol. The summed E-state index contributed by atoms with van der Waals surface area (Å²) in [7, 11) is 0. The molecule has 0 unspecified atom stereocenters. The van der Waals surface area contributed by atoms with Crippen molar-refractivity contribution in [2.75, 3.05) is 19.6 Å². The van der Waals surface area contributed by atoms with Crippen LogP contribution in [0.2, 0.25) is 0 Å². The van der Waals surface area contributed by atoms with Crippen LogP contribution in [-0.2, 0) is 6.54 Å². The normalized spacial score (nSPS) is 26.7. The van der Waals surface area contributed by atoms with Crippen molar-refractivity contribution in [2.24, 2.45) is 0 Å². The molecule has 2 fully saturated rings. The fourth-order valence-corrected chi connectivity index (χ4v) is 3.91. The maximum Gasteiger partial charge on any atom is 0.274 e. The zero-order valence-corrected chi connectivity index (χ0v) is 12.8. The van der Waals surface area contributed by atoms with Crippen molar-refractivity contribution < 1.29 is 4.79 Å². The van der Waals surface area contributed by atoms with Crippen molar-refractivity contribution in [1.82, 2.24) is 19.4 Å². The molecule has 5 nitrogen and oxygen atoms in total. The molecule has 5 heteroatoms. The van der Waals surface area contributed by atoms with Gasteiger partial charge in [0.25, 0.3) is 5.91 Å². The minimum Gasteiger partial charge on any atom is -0.337 e. The second kappa shape index (κ2) is 5.13. The summed E-state index contributed by atoms with van der Waals surface area (Å²) in [5.41, 5.74) is 0.647. The fourth-order valence-electron chi connectivity index (χ4n) is 3.91. The van der Waals surface area contributed by atoms with E-state index in [2.05, 4.69) is 16.4 Å². The molecule has 1 atom stereocenters. The molecule has 0 N–H and O–H groups in total. The third kappa shape index (κ3) is 2.18. The Labute approximate surface area is 125 Å². The number of aromatic nitrogens is 2. The Morgan fingerprint density at radius 3 is 2.57 bits per heavy atom. The quantitative estimate of drug-likeness (QED) is 0.836. The molecule has 1 aliphatic carbocycles. The van der Waals surface area contributed by atoms with E-state index in [1.165, 1.54) is 19.3 Å². The van der Waals surface area contributed by atoms with Gasteiger partial charge in [-0.2, -0.15) is 0 Å². The monoisotopic (exact) mass is 288 g/mol. The summed E-state index contributed by atoms with van der Waals surface area (Å²) >= 11 is 0. The van der Waals surface area contributed by atoms with Crippen LogP contribution in [0.1, 0.15) is 61.4 Å². The molecule has 0 bridgehead atoms. The van der Waals surface area contributed by atoms with Crippen LogP contribution < -0.4 is 0 Å². The number of hydrogen-bond donors (Lipinski definition) is 0. The van der Waals surface area contributed by atoms with Gasteiger partial charge in [0, 0.05) is 38.4 Å². The Hall–Kier alpha value is -1.36. The lowest BCUT2D eigenvalue weighted by molar-refractivity contribution is 0.0614. The van der Waals surface area contributed by atoms with Gasteiger partial charge in [0.05, 0.1) is 6.04 Å². The van der Waals surface area contributed by atoms with Crippen molar-refractivity contribution >= 4 is 5.91 Å². The van der Waals surface area contributed by atoms with Crippen molar-refractivity contribution in [3.8, 4) is 0 Å². The molecule has 1 saturated heterocycles. The molecule has 0 aromatic carbocycles. The smallest absolute Gasteiger partial charge is 0.274 e. The Kier molecular flexibility index (Phi) is 3.25. The van der Waals surface area contributed by atoms with Gasteiger partial charge in [-0.25, -0.2) is 4.98 Å². The van der Waals surface area contributed by atoms with E-state index < -0.39 is 0 Å². The van der Waals surface area contributed by atoms with Gasteiger partial charge in [-0.15, -0.1) is 0 Å². The second-order valence-electron chi connectivity index (χ2n) is 6.68. The van der Waals surface area contributed by atoms with Crippen LogP contribution in [0.25, 0.3) is 0 Å². The largest absolute Gasteiger partial charge is 0.337 e. The first-order valence-electron chi connectivity index (χ1n) is 8.36. The van der Waals surface area contributed by atoms with E-state index in [9.17, 15) is 4.79 Å². The average Bonchev–Trinajstić information content (AvgIpc) is 3.07. The number of rotatable bonds is 2. The lowest BCUT2D eigenvalue weighted by atomic mass is 9.90. The summed E-state index contributed by atoms with van der Waals surface area (Å²) in [4.78, 5) is 21.7. The average molecular weight is 288 g/mol. The summed E-state index contributed by atoms with van der Waals surface area (Å²) in [6.45, 7) is 6.08. The molecule has 3 aliphatic rings. The summed E-state index contributed by atoms with van der Waals surface area (Å²) in [5, 5.41) is 0. The number of likely N-dealkylation sites (tertiary alicyclic amines) is 1. The number of nitrogens with zero attached hydrogens (tertiary/aromatic N) is 4. The van der Waals surface area contributed by atoms with Crippen LogP contribution >= 0.6 is 0 Å². The topological polar surface area (TPSA) is 41.4 Å². The van der Waals surface area contributed by atoms with Crippen LogP contribution in [-0.4, -0.2) is 50.9 Å². The minimum atomic E-state index is 0.122. The lowest BCUT2D eigenvalue weighted by Gasteiger charge is -2.43. The maximum atomic E-state index is 12.5. The lowest BCUT2D eigenvalue weighted by Crippen LogP contribution is -2.46. The fraction of sp³-hybridized carbons (Fsp3) is 0.750. The number of carbonyl (C=O) groups excluding carboxylic acids is 1. The highest BCUT2D eigenvalue weighted by molar-refractivity contribution is 5.92. The third-order valence-corrected chi connectivity index (χ3v) is 5.43. The molecule has 0 radical (unpaired) electrons. The van der Waals surface area contributed by atoms with E-state index in [4.69, 9.17) is 4.98 Å². The van der Waals surface area contributed by atoms with Crippen LogP contribution in [0, 0.1) is 0 Å². The molecule has 4 rings (SSSR count). The third-order valence-electron chi connectivity index (χ3n) is 5.43. The number of amides is 1. The van der Waals surface area contributed by atoms with Crippen molar-refractivity contribution in [3.63, 3.8) is 0 Å². The van der Waals surface area contributed by atoms with E-state index in [1.54, 1.807) is 0 Å². The Balaban J connectivity index is 1.56. The van der Waals surface area contributed by atoms with Crippen LogP contribution in [0.15, 0.2) is 6.20 Å². The highest BCUT2D eigenvalue weighted by Crippen LogP contribution is 2.34. The van der Waals surface area contributed by atoms with Gasteiger partial charge in [0.15, 0.2) is 0 Å². The molecule has 1 aromatic heterocycles. The number of imidazole rings is 1. The summed E-state index contributed by atoms with van der Waals surface area (Å²) in [6, 6.07) is 1.08. The Morgan fingerprint density at radius 2 is 1.90 bits per heavy atom. The molecule has 1 amide bonds. The highest BCUT2D eigenvalue weighted by atomic mass is 16.2. The van der Waals surface area contributed by atoms with Crippen LogP contribution in [0.4, 0.5) is 0 Å². The van der Waals surface area contributed by atoms with Gasteiger partial charge in [-0.05, 0) is 32.6 Å². The number of hydrogen-bond acceptors (Lipinski definition) is 3. The van der Waals surface area contributed by atoms with E-state index in [0.29, 0.717) is 11.7 Å². The molecule has 21 heavy (non-hydrogen) atoms. The SMILES string of the molecule is C[C@H]1c2nc(C(=O)N3CCCC3)cn2CCN1C1CCC1. The Morgan fingerprint density at radius 1 is 1.14 bits per heavy atom. The standard InChI is InChI=1S/C16H24N4O/c1-12-15-17-14(16(21)18-7-2-3-8-18)11-19(15)9-10-20(12)13-5-4-6-13/h11-13H,2-10H2,1H3/t12-/m0/s1. The van der Waals surface area contributed by atoms with Gasteiger partial charge >= 0.3 is 0 Å². The molecule has 114 valence electrons. The van der Waals surface area contributed by atoms with E-state index >= 15 is 0 Å². The van der Waals surface area contributed by atoms with E-state index in [1.807, 2.05) is 11.1 Å². The maximum absolute atomic E-state index is 12.5. The van der Waals surface area contributed by atoms with E-state index in [0.717, 1.165) is 50.9 Å². The molecular weight excluding hydrogens is 264 g/mol. The summed E-state index contributed by atoms with van der Waals surface area (Å²) in [5.74, 6) is 1.20. The number of fused-ring (bicyclic) bond motifs is 1. The van der Waals surface area contributed by atoms with Gasteiger partial charge in [-0.1, -0.05) is 6.42 Å². The summed E-state index contributed by atoms with van der Waals surface area (Å²) in [6.07, 6.45) is 8.25.